The van der Waals surface area contributed by atoms with Crippen molar-refractivity contribution in [2.75, 3.05) is 11.5 Å². The Morgan fingerprint density at radius 3 is 2.38 bits per heavy atom. The molecule has 0 saturated heterocycles. The molecule has 0 saturated carbocycles. The van der Waals surface area contributed by atoms with Gasteiger partial charge in [-0.3, -0.25) is 4.79 Å². The number of rotatable bonds is 7. The lowest BCUT2D eigenvalue weighted by Crippen LogP contribution is -2.47. The highest BCUT2D eigenvalue weighted by Crippen LogP contribution is 2.28. The lowest BCUT2D eigenvalue weighted by Gasteiger charge is -2.27. The minimum absolute atomic E-state index is 0.0604. The molecule has 0 amide bonds. The topological polar surface area (TPSA) is 97.5 Å². The van der Waals surface area contributed by atoms with E-state index in [2.05, 4.69) is 15.9 Å². The number of thioether (sulfide) groups is 1. The van der Waals surface area contributed by atoms with Crippen molar-refractivity contribution in [1.82, 2.24) is 0 Å². The lowest BCUT2D eigenvalue weighted by atomic mass is 10.1. The van der Waals surface area contributed by atoms with Crippen LogP contribution in [-0.4, -0.2) is 41.8 Å². The molecule has 0 aliphatic carbocycles. The minimum atomic E-state index is -3.38. The maximum Gasteiger partial charge on any atom is 0.321 e. The zero-order valence-electron chi connectivity index (χ0n) is 11.7. The molecule has 1 aromatic rings. The number of nitrogens with two attached hydrogens (primary N) is 1. The number of benzene rings is 1. The van der Waals surface area contributed by atoms with E-state index >= 15 is 0 Å². The van der Waals surface area contributed by atoms with E-state index in [4.69, 9.17) is 10.8 Å². The van der Waals surface area contributed by atoms with Gasteiger partial charge in [-0.25, -0.2) is 8.42 Å². The van der Waals surface area contributed by atoms with Gasteiger partial charge in [-0.05, 0) is 38.1 Å². The lowest BCUT2D eigenvalue weighted by molar-refractivity contribution is -0.139. The molecule has 0 heterocycles. The van der Waals surface area contributed by atoms with Crippen LogP contribution in [0.15, 0.2) is 33.6 Å². The van der Waals surface area contributed by atoms with Gasteiger partial charge in [0.25, 0.3) is 0 Å². The fourth-order valence-electron chi connectivity index (χ4n) is 1.56. The van der Waals surface area contributed by atoms with Gasteiger partial charge >= 0.3 is 5.97 Å². The molecule has 21 heavy (non-hydrogen) atoms. The van der Waals surface area contributed by atoms with Crippen LogP contribution >= 0.6 is 27.7 Å². The molecular weight excluding hydrogens is 378 g/mol. The quantitative estimate of drug-likeness (QED) is 0.733. The second-order valence-corrected chi connectivity index (χ2v) is 9.81. The fraction of sp³-hybridized carbons (Fsp3) is 0.462. The Balaban J connectivity index is 2.66. The molecule has 5 nitrogen and oxygen atoms in total. The molecule has 0 unspecified atom stereocenters. The Kier molecular flexibility index (Phi) is 6.27. The standard InChI is InChI=1S/C13H18BrNO4S2/c1-13(2,11(15)12(16)17)20-7-8-21(18,19)10-5-3-9(14)4-6-10/h3-6,11H,7-8,15H2,1-2H3,(H,16,17)/t11-/m0/s1. The van der Waals surface area contributed by atoms with Crippen LogP contribution in [0.3, 0.4) is 0 Å². The van der Waals surface area contributed by atoms with Gasteiger partial charge in [0, 0.05) is 15.0 Å². The Morgan fingerprint density at radius 2 is 1.90 bits per heavy atom. The number of sulfone groups is 1. The zero-order valence-corrected chi connectivity index (χ0v) is 15.0. The summed E-state index contributed by atoms with van der Waals surface area (Å²) < 4.78 is 24.4. The monoisotopic (exact) mass is 395 g/mol. The van der Waals surface area contributed by atoms with Crippen molar-refractivity contribution < 1.29 is 18.3 Å². The molecule has 0 bridgehead atoms. The largest absolute Gasteiger partial charge is 0.480 e. The summed E-state index contributed by atoms with van der Waals surface area (Å²) >= 11 is 4.50. The van der Waals surface area contributed by atoms with Gasteiger partial charge < -0.3 is 10.8 Å². The summed E-state index contributed by atoms with van der Waals surface area (Å²) in [7, 11) is -3.38. The molecule has 0 radical (unpaired) electrons. The minimum Gasteiger partial charge on any atom is -0.480 e. The van der Waals surface area contributed by atoms with Crippen molar-refractivity contribution in [3.63, 3.8) is 0 Å². The van der Waals surface area contributed by atoms with Crippen LogP contribution in [0.5, 0.6) is 0 Å². The summed E-state index contributed by atoms with van der Waals surface area (Å²) in [4.78, 5) is 11.2. The van der Waals surface area contributed by atoms with Crippen LogP contribution < -0.4 is 5.73 Å². The third-order valence-corrected chi connectivity index (χ3v) is 6.94. The van der Waals surface area contributed by atoms with Crippen molar-refractivity contribution >= 4 is 43.5 Å². The summed E-state index contributed by atoms with van der Waals surface area (Å²) in [6, 6.07) is 5.38. The van der Waals surface area contributed by atoms with Crippen LogP contribution in [0.4, 0.5) is 0 Å². The maximum absolute atomic E-state index is 12.2. The summed E-state index contributed by atoms with van der Waals surface area (Å²) in [5, 5.41) is 8.92. The summed E-state index contributed by atoms with van der Waals surface area (Å²) in [6.07, 6.45) is 0. The number of hydrogen-bond donors (Lipinski definition) is 2. The average molecular weight is 396 g/mol. The molecule has 0 aromatic heterocycles. The molecule has 0 aliphatic rings. The van der Waals surface area contributed by atoms with E-state index in [1.54, 1.807) is 26.0 Å². The zero-order chi connectivity index (χ0) is 16.3. The fourth-order valence-corrected chi connectivity index (χ4v) is 4.63. The first-order valence-corrected chi connectivity index (χ1v) is 9.60. The highest BCUT2D eigenvalue weighted by atomic mass is 79.9. The molecule has 1 rings (SSSR count). The van der Waals surface area contributed by atoms with Crippen LogP contribution in [0.2, 0.25) is 0 Å². The second kappa shape index (κ2) is 7.13. The van der Waals surface area contributed by atoms with Crippen LogP contribution in [0.1, 0.15) is 13.8 Å². The smallest absolute Gasteiger partial charge is 0.321 e. The Bertz CT molecular complexity index is 599. The van der Waals surface area contributed by atoms with Gasteiger partial charge in [0.1, 0.15) is 6.04 Å². The maximum atomic E-state index is 12.2. The predicted octanol–water partition coefficient (Wildman–Crippen LogP) is 2.15. The van der Waals surface area contributed by atoms with E-state index in [-0.39, 0.29) is 16.4 Å². The van der Waals surface area contributed by atoms with Gasteiger partial charge in [-0.2, -0.15) is 11.8 Å². The van der Waals surface area contributed by atoms with E-state index in [0.717, 1.165) is 4.47 Å². The number of carbonyl (C=O) groups is 1. The predicted molar refractivity (Wildman–Crippen MR) is 88.3 cm³/mol. The van der Waals surface area contributed by atoms with Crippen molar-refractivity contribution in [2.45, 2.75) is 29.5 Å². The van der Waals surface area contributed by atoms with Crippen LogP contribution in [-0.2, 0) is 14.6 Å². The van der Waals surface area contributed by atoms with E-state index in [9.17, 15) is 13.2 Å². The molecule has 118 valence electrons. The third kappa shape index (κ3) is 5.28. The number of halogens is 1. The normalized spacial score (nSPS) is 13.9. The van der Waals surface area contributed by atoms with Crippen molar-refractivity contribution in [3.05, 3.63) is 28.7 Å². The number of carboxylic acid groups (broad SMARTS) is 1. The van der Waals surface area contributed by atoms with E-state index in [1.165, 1.54) is 23.9 Å². The number of carboxylic acids is 1. The molecule has 0 fully saturated rings. The Labute approximate surface area is 137 Å². The van der Waals surface area contributed by atoms with Gasteiger partial charge in [0.05, 0.1) is 10.6 Å². The summed E-state index contributed by atoms with van der Waals surface area (Å²) in [5.74, 6) is -0.871. The van der Waals surface area contributed by atoms with Gasteiger partial charge in [-0.15, -0.1) is 0 Å². The first-order chi connectivity index (χ1) is 9.56. The molecule has 1 aromatic carbocycles. The first kappa shape index (κ1) is 18.5. The molecule has 0 spiro atoms. The van der Waals surface area contributed by atoms with Gasteiger partial charge in [0.15, 0.2) is 9.84 Å². The average Bonchev–Trinajstić information content (AvgIpc) is 2.37. The second-order valence-electron chi connectivity index (χ2n) is 5.04. The van der Waals surface area contributed by atoms with E-state index in [1.807, 2.05) is 0 Å². The third-order valence-electron chi connectivity index (χ3n) is 3.01. The first-order valence-electron chi connectivity index (χ1n) is 6.17. The van der Waals surface area contributed by atoms with Gasteiger partial charge in [-0.1, -0.05) is 15.9 Å². The van der Waals surface area contributed by atoms with Crippen molar-refractivity contribution in [2.24, 2.45) is 5.73 Å². The molecule has 0 aliphatic heterocycles. The molecule has 8 heteroatoms. The van der Waals surface area contributed by atoms with Gasteiger partial charge in [0.2, 0.25) is 0 Å². The number of hydrogen-bond acceptors (Lipinski definition) is 5. The van der Waals surface area contributed by atoms with E-state index in [0.29, 0.717) is 0 Å². The van der Waals surface area contributed by atoms with Crippen LogP contribution in [0, 0.1) is 0 Å². The van der Waals surface area contributed by atoms with Crippen molar-refractivity contribution in [3.8, 4) is 0 Å². The molecule has 3 N–H and O–H groups in total. The summed E-state index contributed by atoms with van der Waals surface area (Å²) in [5.41, 5.74) is 5.60. The SMILES string of the molecule is CC(C)(SCCS(=O)(=O)c1ccc(Br)cc1)[C@@H](N)C(=O)O. The Hall–Kier alpha value is -0.570. The molecular formula is C13H18BrNO4S2. The highest BCUT2D eigenvalue weighted by Gasteiger charge is 2.32. The Morgan fingerprint density at radius 1 is 1.38 bits per heavy atom. The van der Waals surface area contributed by atoms with Crippen LogP contribution in [0.25, 0.3) is 0 Å². The summed E-state index contributed by atoms with van der Waals surface area (Å²) in [6.45, 7) is 3.39. The van der Waals surface area contributed by atoms with E-state index < -0.39 is 26.6 Å². The van der Waals surface area contributed by atoms with Crippen molar-refractivity contribution in [1.29, 1.82) is 0 Å². The molecule has 1 atom stereocenters. The highest BCUT2D eigenvalue weighted by molar-refractivity contribution is 9.10. The number of aliphatic carboxylic acids is 1.